The zero-order valence-corrected chi connectivity index (χ0v) is 12.8. The number of esters is 1. The molecule has 0 N–H and O–H groups in total. The molecule has 1 atom stereocenters. The molecule has 0 spiro atoms. The molecule has 0 saturated heterocycles. The maximum absolute atomic E-state index is 11.2. The van der Waals surface area contributed by atoms with Crippen LogP contribution in [-0.2, 0) is 9.53 Å². The van der Waals surface area contributed by atoms with Gasteiger partial charge in [-0.05, 0) is 23.7 Å². The Kier molecular flexibility index (Phi) is 4.96. The number of ether oxygens (including phenoxy) is 2. The molecule has 100 valence electrons. The smallest absolute Gasteiger partial charge is 0.303 e. The molecule has 1 aromatic carbocycles. The molecule has 0 saturated carbocycles. The lowest BCUT2D eigenvalue weighted by molar-refractivity contribution is -0.145. The van der Waals surface area contributed by atoms with Crippen molar-refractivity contribution in [1.82, 2.24) is 0 Å². The van der Waals surface area contributed by atoms with Crippen molar-refractivity contribution in [2.75, 3.05) is 7.11 Å². The second-order valence-corrected chi connectivity index (χ2v) is 11.2. The van der Waals surface area contributed by atoms with Gasteiger partial charge in [-0.3, -0.25) is 4.79 Å². The number of hydrogen-bond donors (Lipinski definition) is 0. The van der Waals surface area contributed by atoms with Gasteiger partial charge < -0.3 is 9.47 Å². The van der Waals surface area contributed by atoms with Gasteiger partial charge in [0.15, 0.2) is 0 Å². The van der Waals surface area contributed by atoms with E-state index < -0.39 is 8.07 Å². The molecule has 0 aromatic heterocycles. The van der Waals surface area contributed by atoms with E-state index >= 15 is 0 Å². The number of methoxy groups -OCH3 is 1. The summed E-state index contributed by atoms with van der Waals surface area (Å²) in [5.41, 5.74) is 1.04. The molecule has 18 heavy (non-hydrogen) atoms. The van der Waals surface area contributed by atoms with E-state index in [4.69, 9.17) is 9.47 Å². The average molecular weight is 266 g/mol. The zero-order valence-electron chi connectivity index (χ0n) is 11.8. The van der Waals surface area contributed by atoms with Crippen LogP contribution in [0.25, 0.3) is 0 Å². The van der Waals surface area contributed by atoms with Crippen LogP contribution >= 0.6 is 0 Å². The molecule has 0 aliphatic carbocycles. The highest BCUT2D eigenvalue weighted by atomic mass is 28.3. The van der Waals surface area contributed by atoms with E-state index in [0.717, 1.165) is 17.4 Å². The van der Waals surface area contributed by atoms with E-state index in [1.807, 2.05) is 24.3 Å². The summed E-state index contributed by atoms with van der Waals surface area (Å²) in [6.07, 6.45) is -0.139. The van der Waals surface area contributed by atoms with E-state index in [0.29, 0.717) is 0 Å². The lowest BCUT2D eigenvalue weighted by Crippen LogP contribution is -2.25. The first-order valence-electron chi connectivity index (χ1n) is 6.13. The molecule has 0 radical (unpaired) electrons. The van der Waals surface area contributed by atoms with Gasteiger partial charge in [0.25, 0.3) is 0 Å². The minimum Gasteiger partial charge on any atom is -0.497 e. The molecule has 4 heteroatoms. The van der Waals surface area contributed by atoms with Gasteiger partial charge in [-0.1, -0.05) is 31.8 Å². The summed E-state index contributed by atoms with van der Waals surface area (Å²) in [4.78, 5) is 11.2. The van der Waals surface area contributed by atoms with E-state index in [9.17, 15) is 4.79 Å². The molecule has 0 aliphatic heterocycles. The predicted molar refractivity (Wildman–Crippen MR) is 75.7 cm³/mol. The maximum atomic E-state index is 11.2. The summed E-state index contributed by atoms with van der Waals surface area (Å²) >= 11 is 0. The summed E-state index contributed by atoms with van der Waals surface area (Å²) in [6.45, 7) is 8.27. The molecular weight excluding hydrogens is 244 g/mol. The van der Waals surface area contributed by atoms with Gasteiger partial charge in [0.1, 0.15) is 11.9 Å². The van der Waals surface area contributed by atoms with Crippen molar-refractivity contribution >= 4 is 14.0 Å². The lowest BCUT2D eigenvalue weighted by Gasteiger charge is -2.24. The van der Waals surface area contributed by atoms with Crippen LogP contribution < -0.4 is 4.74 Å². The Morgan fingerprint density at radius 2 is 1.78 bits per heavy atom. The van der Waals surface area contributed by atoms with Gasteiger partial charge in [-0.15, -0.1) is 0 Å². The number of carbonyl (C=O) groups is 1. The van der Waals surface area contributed by atoms with Crippen LogP contribution in [0, 0.1) is 0 Å². The van der Waals surface area contributed by atoms with Crippen LogP contribution in [0.2, 0.25) is 25.7 Å². The Morgan fingerprint density at radius 1 is 1.22 bits per heavy atom. The van der Waals surface area contributed by atoms with Crippen molar-refractivity contribution in [1.29, 1.82) is 0 Å². The monoisotopic (exact) mass is 266 g/mol. The third kappa shape index (κ3) is 4.92. The fraction of sp³-hybridized carbons (Fsp3) is 0.500. The summed E-state index contributed by atoms with van der Waals surface area (Å²) in [5.74, 6) is 0.586. The maximum Gasteiger partial charge on any atom is 0.303 e. The summed E-state index contributed by atoms with van der Waals surface area (Å²) < 4.78 is 10.6. The van der Waals surface area contributed by atoms with Crippen molar-refractivity contribution in [2.45, 2.75) is 38.7 Å². The Balaban J connectivity index is 2.90. The Morgan fingerprint density at radius 3 is 2.17 bits per heavy atom. The first-order chi connectivity index (χ1) is 8.31. The van der Waals surface area contributed by atoms with E-state index in [2.05, 4.69) is 19.6 Å². The molecule has 3 nitrogen and oxygen atoms in total. The molecular formula is C14H22O3Si. The van der Waals surface area contributed by atoms with Gasteiger partial charge in [-0.2, -0.15) is 0 Å². The molecule has 1 rings (SSSR count). The van der Waals surface area contributed by atoms with Gasteiger partial charge >= 0.3 is 5.97 Å². The van der Waals surface area contributed by atoms with Crippen molar-refractivity contribution in [3.63, 3.8) is 0 Å². The first-order valence-corrected chi connectivity index (χ1v) is 9.84. The fourth-order valence-electron chi connectivity index (χ4n) is 1.80. The van der Waals surface area contributed by atoms with Gasteiger partial charge in [0.05, 0.1) is 7.11 Å². The third-order valence-electron chi connectivity index (χ3n) is 2.59. The summed E-state index contributed by atoms with van der Waals surface area (Å²) in [5, 5.41) is 0. The quantitative estimate of drug-likeness (QED) is 0.603. The van der Waals surface area contributed by atoms with Gasteiger partial charge in [0.2, 0.25) is 0 Å². The number of rotatable bonds is 5. The second kappa shape index (κ2) is 6.04. The second-order valence-electron chi connectivity index (χ2n) is 5.64. The minimum atomic E-state index is -1.30. The Hall–Kier alpha value is -1.29. The Labute approximate surface area is 110 Å². The third-order valence-corrected chi connectivity index (χ3v) is 4.19. The van der Waals surface area contributed by atoms with Crippen LogP contribution in [0.1, 0.15) is 18.6 Å². The molecule has 0 bridgehead atoms. The van der Waals surface area contributed by atoms with Crippen molar-refractivity contribution in [3.8, 4) is 5.75 Å². The minimum absolute atomic E-state index is 0.139. The zero-order chi connectivity index (χ0) is 13.8. The van der Waals surface area contributed by atoms with Gasteiger partial charge in [0, 0.05) is 15.0 Å². The van der Waals surface area contributed by atoms with Crippen molar-refractivity contribution in [3.05, 3.63) is 29.8 Å². The van der Waals surface area contributed by atoms with E-state index in [1.165, 1.54) is 6.92 Å². The van der Waals surface area contributed by atoms with Crippen molar-refractivity contribution < 1.29 is 14.3 Å². The normalized spacial score (nSPS) is 12.9. The summed E-state index contributed by atoms with van der Waals surface area (Å²) in [6, 6.07) is 8.66. The summed E-state index contributed by atoms with van der Waals surface area (Å²) in [7, 11) is 0.339. The average Bonchev–Trinajstić information content (AvgIpc) is 2.26. The highest BCUT2D eigenvalue weighted by Crippen LogP contribution is 2.29. The first kappa shape index (κ1) is 14.8. The topological polar surface area (TPSA) is 35.5 Å². The van der Waals surface area contributed by atoms with Crippen LogP contribution in [-0.4, -0.2) is 21.2 Å². The van der Waals surface area contributed by atoms with Gasteiger partial charge in [-0.25, -0.2) is 0 Å². The van der Waals surface area contributed by atoms with Crippen LogP contribution in [0.3, 0.4) is 0 Å². The molecule has 1 unspecified atom stereocenters. The standard InChI is InChI=1S/C14H22O3Si/c1-11(15)17-14(10-18(3,4)5)12-6-8-13(16-2)9-7-12/h6-9,14H,10H2,1-5H3. The SMILES string of the molecule is COc1ccc(C(C[Si](C)(C)C)OC(C)=O)cc1. The lowest BCUT2D eigenvalue weighted by atomic mass is 10.1. The number of benzene rings is 1. The number of carbonyl (C=O) groups excluding carboxylic acids is 1. The molecule has 0 fully saturated rings. The largest absolute Gasteiger partial charge is 0.497 e. The van der Waals surface area contributed by atoms with Crippen LogP contribution in [0.15, 0.2) is 24.3 Å². The predicted octanol–water partition coefficient (Wildman–Crippen LogP) is 3.64. The highest BCUT2D eigenvalue weighted by molar-refractivity contribution is 6.76. The van der Waals surface area contributed by atoms with E-state index in [1.54, 1.807) is 7.11 Å². The molecule has 1 aromatic rings. The molecule has 0 amide bonds. The highest BCUT2D eigenvalue weighted by Gasteiger charge is 2.24. The fourth-order valence-corrected chi connectivity index (χ4v) is 3.23. The van der Waals surface area contributed by atoms with E-state index in [-0.39, 0.29) is 12.1 Å². The van der Waals surface area contributed by atoms with Crippen molar-refractivity contribution in [2.24, 2.45) is 0 Å². The van der Waals surface area contributed by atoms with Crippen LogP contribution in [0.4, 0.5) is 0 Å². The molecule has 0 heterocycles. The van der Waals surface area contributed by atoms with Crippen LogP contribution in [0.5, 0.6) is 5.75 Å². The Bertz CT molecular complexity index is 392. The molecule has 0 aliphatic rings. The number of hydrogen-bond acceptors (Lipinski definition) is 3.